The predicted octanol–water partition coefficient (Wildman–Crippen LogP) is 3.91. The number of aromatic nitrogens is 1. The van der Waals surface area contributed by atoms with E-state index in [9.17, 15) is 8.78 Å². The van der Waals surface area contributed by atoms with Crippen molar-refractivity contribution in [2.24, 2.45) is 0 Å². The number of fused-ring (bicyclic) bond motifs is 1. The molecule has 0 spiro atoms. The maximum atomic E-state index is 13.1. The fraction of sp³-hybridized carbons (Fsp3) is 0. The minimum atomic E-state index is -0.892. The normalized spacial score (nSPS) is 10.1. The van der Waals surface area contributed by atoms with E-state index in [0.717, 1.165) is 28.6 Å². The number of hydrogen-bond donors (Lipinski definition) is 0. The molecule has 3 rings (SSSR count). The van der Waals surface area contributed by atoms with Crippen LogP contribution in [0, 0.1) is 23.5 Å². The van der Waals surface area contributed by atoms with Crippen molar-refractivity contribution in [1.82, 2.24) is 4.98 Å². The van der Waals surface area contributed by atoms with Gasteiger partial charge in [-0.2, -0.15) is 0 Å². The average Bonchev–Trinajstić information content (AvgIpc) is 2.48. The third kappa shape index (κ3) is 2.36. The zero-order valence-corrected chi connectivity index (χ0v) is 10.4. The van der Waals surface area contributed by atoms with Crippen LogP contribution in [0.2, 0.25) is 0 Å². The van der Waals surface area contributed by atoms with Gasteiger partial charge in [0.25, 0.3) is 0 Å². The van der Waals surface area contributed by atoms with Crippen LogP contribution in [0.4, 0.5) is 8.78 Å². The molecule has 96 valence electrons. The van der Waals surface area contributed by atoms with Crippen molar-refractivity contribution in [3.63, 3.8) is 0 Å². The summed E-state index contributed by atoms with van der Waals surface area (Å²) in [6.07, 6.45) is 1.68. The Balaban J connectivity index is 2.06. The molecular weight excluding hydrogens is 256 g/mol. The van der Waals surface area contributed by atoms with E-state index in [1.807, 2.05) is 24.3 Å². The molecule has 0 N–H and O–H groups in total. The molecule has 0 aliphatic carbocycles. The van der Waals surface area contributed by atoms with E-state index < -0.39 is 11.6 Å². The molecule has 1 heterocycles. The molecule has 0 unspecified atom stereocenters. The summed E-state index contributed by atoms with van der Waals surface area (Å²) in [6.45, 7) is 0. The monoisotopic (exact) mass is 265 g/mol. The minimum Gasteiger partial charge on any atom is -0.256 e. The van der Waals surface area contributed by atoms with Gasteiger partial charge in [0.2, 0.25) is 0 Å². The summed E-state index contributed by atoms with van der Waals surface area (Å²) in [5.74, 6) is 4.05. The zero-order chi connectivity index (χ0) is 13.9. The third-order valence-electron chi connectivity index (χ3n) is 2.91. The van der Waals surface area contributed by atoms with Crippen molar-refractivity contribution < 1.29 is 8.78 Å². The number of rotatable bonds is 0. The second-order valence-corrected chi connectivity index (χ2v) is 4.25. The first-order valence-corrected chi connectivity index (χ1v) is 6.05. The zero-order valence-electron chi connectivity index (χ0n) is 10.4. The number of para-hydroxylation sites is 1. The van der Waals surface area contributed by atoms with Gasteiger partial charge in [-0.3, -0.25) is 4.98 Å². The van der Waals surface area contributed by atoms with Crippen LogP contribution in [-0.2, 0) is 0 Å². The molecule has 3 aromatic rings. The SMILES string of the molecule is Fc1ccc(C#Cc2ccnc3ccccc23)cc1F. The lowest BCUT2D eigenvalue weighted by Crippen LogP contribution is -1.85. The molecule has 0 amide bonds. The van der Waals surface area contributed by atoms with Gasteiger partial charge in [0.05, 0.1) is 5.52 Å². The van der Waals surface area contributed by atoms with Crippen molar-refractivity contribution in [2.75, 3.05) is 0 Å². The lowest BCUT2D eigenvalue weighted by atomic mass is 10.1. The highest BCUT2D eigenvalue weighted by Crippen LogP contribution is 2.15. The summed E-state index contributed by atoms with van der Waals surface area (Å²) in [7, 11) is 0. The molecule has 20 heavy (non-hydrogen) atoms. The first kappa shape index (κ1) is 12.3. The van der Waals surface area contributed by atoms with Crippen LogP contribution in [0.3, 0.4) is 0 Å². The van der Waals surface area contributed by atoms with Gasteiger partial charge < -0.3 is 0 Å². The van der Waals surface area contributed by atoms with Gasteiger partial charge >= 0.3 is 0 Å². The van der Waals surface area contributed by atoms with E-state index in [1.165, 1.54) is 6.07 Å². The molecule has 3 heteroatoms. The Kier molecular flexibility index (Phi) is 3.14. The van der Waals surface area contributed by atoms with Gasteiger partial charge in [0.1, 0.15) is 0 Å². The molecule has 0 saturated carbocycles. The molecule has 1 nitrogen and oxygen atoms in total. The summed E-state index contributed by atoms with van der Waals surface area (Å²) in [5.41, 5.74) is 2.09. The largest absolute Gasteiger partial charge is 0.256 e. The van der Waals surface area contributed by atoms with Crippen LogP contribution in [0.15, 0.2) is 54.7 Å². The quantitative estimate of drug-likeness (QED) is 0.561. The third-order valence-corrected chi connectivity index (χ3v) is 2.91. The number of halogens is 2. The molecule has 0 fully saturated rings. The van der Waals surface area contributed by atoms with Crippen LogP contribution in [0.1, 0.15) is 11.1 Å². The van der Waals surface area contributed by atoms with E-state index in [1.54, 1.807) is 12.3 Å². The standard InChI is InChI=1S/C17H9F2N/c18-15-8-6-12(11-16(15)19)5-7-13-9-10-20-17-4-2-1-3-14(13)17/h1-4,6,8-11H. The van der Waals surface area contributed by atoms with Crippen molar-refractivity contribution in [1.29, 1.82) is 0 Å². The topological polar surface area (TPSA) is 12.9 Å². The maximum absolute atomic E-state index is 13.1. The van der Waals surface area contributed by atoms with Crippen molar-refractivity contribution in [2.45, 2.75) is 0 Å². The second kappa shape index (κ2) is 5.10. The summed E-state index contributed by atoms with van der Waals surface area (Å²) in [4.78, 5) is 4.25. The summed E-state index contributed by atoms with van der Waals surface area (Å²) in [5, 5.41) is 0.935. The van der Waals surface area contributed by atoms with Crippen LogP contribution in [0.5, 0.6) is 0 Å². The Morgan fingerprint density at radius 1 is 0.850 bits per heavy atom. The van der Waals surface area contributed by atoms with Crippen molar-refractivity contribution in [3.8, 4) is 11.8 Å². The average molecular weight is 265 g/mol. The summed E-state index contributed by atoms with van der Waals surface area (Å²) < 4.78 is 25.9. The molecule has 0 radical (unpaired) electrons. The number of hydrogen-bond acceptors (Lipinski definition) is 1. The van der Waals surface area contributed by atoms with Crippen LogP contribution in [0.25, 0.3) is 10.9 Å². The van der Waals surface area contributed by atoms with Gasteiger partial charge in [-0.1, -0.05) is 30.0 Å². The Hall–Kier alpha value is -2.73. The molecule has 0 bridgehead atoms. The smallest absolute Gasteiger partial charge is 0.160 e. The second-order valence-electron chi connectivity index (χ2n) is 4.25. The molecule has 2 aromatic carbocycles. The predicted molar refractivity (Wildman–Crippen MR) is 74.1 cm³/mol. The molecule has 0 atom stereocenters. The first-order chi connectivity index (χ1) is 9.74. The van der Waals surface area contributed by atoms with Crippen molar-refractivity contribution in [3.05, 3.63) is 77.5 Å². The maximum Gasteiger partial charge on any atom is 0.160 e. The fourth-order valence-corrected chi connectivity index (χ4v) is 1.92. The molecule has 1 aromatic heterocycles. The molecule has 0 aliphatic rings. The lowest BCUT2D eigenvalue weighted by Gasteiger charge is -1.98. The van der Waals surface area contributed by atoms with Gasteiger partial charge in [-0.25, -0.2) is 8.78 Å². The highest BCUT2D eigenvalue weighted by atomic mass is 19.2. The molecule has 0 aliphatic heterocycles. The highest BCUT2D eigenvalue weighted by molar-refractivity contribution is 5.84. The van der Waals surface area contributed by atoms with Gasteiger partial charge in [-0.15, -0.1) is 0 Å². The van der Waals surface area contributed by atoms with Gasteiger partial charge in [0.15, 0.2) is 11.6 Å². The number of nitrogens with zero attached hydrogens (tertiary/aromatic N) is 1. The van der Waals surface area contributed by atoms with Gasteiger partial charge in [-0.05, 0) is 30.3 Å². The van der Waals surface area contributed by atoms with E-state index in [4.69, 9.17) is 0 Å². The summed E-state index contributed by atoms with van der Waals surface area (Å²) >= 11 is 0. The van der Waals surface area contributed by atoms with Crippen LogP contribution >= 0.6 is 0 Å². The van der Waals surface area contributed by atoms with E-state index in [2.05, 4.69) is 16.8 Å². The molecular formula is C17H9F2N. The highest BCUT2D eigenvalue weighted by Gasteiger charge is 2.01. The Labute approximate surface area is 114 Å². The number of pyridine rings is 1. The Morgan fingerprint density at radius 2 is 1.70 bits per heavy atom. The van der Waals surface area contributed by atoms with Crippen molar-refractivity contribution >= 4 is 10.9 Å². The van der Waals surface area contributed by atoms with Gasteiger partial charge in [0, 0.05) is 22.7 Å². The van der Waals surface area contributed by atoms with Crippen LogP contribution in [-0.4, -0.2) is 4.98 Å². The lowest BCUT2D eigenvalue weighted by molar-refractivity contribution is 0.508. The Bertz CT molecular complexity index is 839. The van der Waals surface area contributed by atoms with E-state index in [-0.39, 0.29) is 0 Å². The number of benzene rings is 2. The van der Waals surface area contributed by atoms with Crippen LogP contribution < -0.4 is 0 Å². The van der Waals surface area contributed by atoms with E-state index >= 15 is 0 Å². The van der Waals surface area contributed by atoms with E-state index in [0.29, 0.717) is 5.56 Å². The minimum absolute atomic E-state index is 0.435. The fourth-order valence-electron chi connectivity index (χ4n) is 1.92. The molecule has 0 saturated heterocycles. The summed E-state index contributed by atoms with van der Waals surface area (Å²) in [6, 6.07) is 13.1. The first-order valence-electron chi connectivity index (χ1n) is 6.05. The Morgan fingerprint density at radius 3 is 2.55 bits per heavy atom.